The number of nitrogens with zero attached hydrogens (tertiary/aromatic N) is 4. The van der Waals surface area contributed by atoms with Crippen LogP contribution in [0.4, 0.5) is 0 Å². The highest BCUT2D eigenvalue weighted by Gasteiger charge is 2.27. The van der Waals surface area contributed by atoms with Gasteiger partial charge in [0.1, 0.15) is 29.3 Å². The lowest BCUT2D eigenvalue weighted by Gasteiger charge is -2.12. The van der Waals surface area contributed by atoms with E-state index in [2.05, 4.69) is 15.1 Å². The normalized spacial score (nSPS) is 13.8. The van der Waals surface area contributed by atoms with E-state index >= 15 is 0 Å². The van der Waals surface area contributed by atoms with E-state index in [-0.39, 0.29) is 0 Å². The van der Waals surface area contributed by atoms with E-state index in [0.717, 1.165) is 34.2 Å². The summed E-state index contributed by atoms with van der Waals surface area (Å²) in [6.07, 6.45) is 4.14. The molecule has 26 heavy (non-hydrogen) atoms. The maximum atomic E-state index is 5.92. The van der Waals surface area contributed by atoms with Crippen molar-refractivity contribution >= 4 is 0 Å². The third-order valence-electron chi connectivity index (χ3n) is 4.71. The van der Waals surface area contributed by atoms with Gasteiger partial charge in [-0.2, -0.15) is 5.10 Å². The van der Waals surface area contributed by atoms with E-state index in [1.165, 1.54) is 12.8 Å². The lowest BCUT2D eigenvalue weighted by Crippen LogP contribution is -2.02. The quantitative estimate of drug-likeness (QED) is 0.674. The molecule has 4 rings (SSSR count). The Bertz CT molecular complexity index is 940. The Labute approximate surface area is 152 Å². The maximum Gasteiger partial charge on any atom is 0.230 e. The summed E-state index contributed by atoms with van der Waals surface area (Å²) in [7, 11) is 3.28. The zero-order valence-electron chi connectivity index (χ0n) is 15.4. The van der Waals surface area contributed by atoms with Crippen molar-refractivity contribution in [3.63, 3.8) is 0 Å². The van der Waals surface area contributed by atoms with Crippen LogP contribution >= 0.6 is 0 Å². The Kier molecular flexibility index (Phi) is 4.14. The number of aromatic nitrogens is 4. The first-order valence-electron chi connectivity index (χ1n) is 8.68. The average molecular weight is 354 g/mol. The standard InChI is InChI=1S/C19H22N4O3/c1-11-16(24-3)8-7-14(17(11)25-4)19-21-15(12(2)26-19)9-23-10-20-18(22-23)13-5-6-13/h7-8,10,13H,5-6,9H2,1-4H3. The summed E-state index contributed by atoms with van der Waals surface area (Å²) >= 11 is 0. The predicted octanol–water partition coefficient (Wildman–Crippen LogP) is 3.49. The fourth-order valence-electron chi connectivity index (χ4n) is 3.08. The van der Waals surface area contributed by atoms with Crippen LogP contribution in [0.5, 0.6) is 11.5 Å². The molecule has 7 nitrogen and oxygen atoms in total. The van der Waals surface area contributed by atoms with Crippen molar-refractivity contribution < 1.29 is 13.9 Å². The highest BCUT2D eigenvalue weighted by Crippen LogP contribution is 2.39. The van der Waals surface area contributed by atoms with Crippen molar-refractivity contribution in [1.82, 2.24) is 19.7 Å². The van der Waals surface area contributed by atoms with Gasteiger partial charge in [0.2, 0.25) is 5.89 Å². The SMILES string of the molecule is COc1ccc(-c2nc(Cn3cnc(C4CC4)n3)c(C)o2)c(OC)c1C. The first-order valence-corrected chi connectivity index (χ1v) is 8.68. The maximum absolute atomic E-state index is 5.92. The number of oxazole rings is 1. The Morgan fingerprint density at radius 2 is 2.00 bits per heavy atom. The molecule has 0 saturated heterocycles. The number of hydrogen-bond acceptors (Lipinski definition) is 6. The van der Waals surface area contributed by atoms with E-state index in [1.807, 2.05) is 30.7 Å². The molecule has 1 saturated carbocycles. The summed E-state index contributed by atoms with van der Waals surface area (Å²) in [5.41, 5.74) is 2.55. The highest BCUT2D eigenvalue weighted by atomic mass is 16.5. The third kappa shape index (κ3) is 2.94. The van der Waals surface area contributed by atoms with Crippen molar-refractivity contribution in [3.05, 3.63) is 41.3 Å². The molecule has 3 aromatic rings. The molecular formula is C19H22N4O3. The molecule has 0 spiro atoms. The largest absolute Gasteiger partial charge is 0.496 e. The van der Waals surface area contributed by atoms with E-state index < -0.39 is 0 Å². The molecule has 0 radical (unpaired) electrons. The molecule has 0 atom stereocenters. The van der Waals surface area contributed by atoms with Gasteiger partial charge in [-0.1, -0.05) is 0 Å². The molecule has 1 aliphatic carbocycles. The first kappa shape index (κ1) is 16.6. The summed E-state index contributed by atoms with van der Waals surface area (Å²) in [4.78, 5) is 9.06. The minimum Gasteiger partial charge on any atom is -0.496 e. The summed E-state index contributed by atoms with van der Waals surface area (Å²) in [5, 5.41) is 4.54. The van der Waals surface area contributed by atoms with Crippen LogP contribution in [0.2, 0.25) is 0 Å². The lowest BCUT2D eigenvalue weighted by atomic mass is 10.1. The van der Waals surface area contributed by atoms with E-state index in [9.17, 15) is 0 Å². The minimum atomic E-state index is 0.530. The van der Waals surface area contributed by atoms with Crippen LogP contribution in [-0.4, -0.2) is 34.0 Å². The topological polar surface area (TPSA) is 75.2 Å². The molecule has 0 amide bonds. The summed E-state index contributed by atoms with van der Waals surface area (Å²) < 4.78 is 18.7. The number of ether oxygens (including phenoxy) is 2. The van der Waals surface area contributed by atoms with Gasteiger partial charge in [0.15, 0.2) is 5.82 Å². The zero-order valence-corrected chi connectivity index (χ0v) is 15.4. The van der Waals surface area contributed by atoms with Crippen molar-refractivity contribution in [3.8, 4) is 23.0 Å². The Balaban J connectivity index is 1.64. The number of aryl methyl sites for hydroxylation is 1. The van der Waals surface area contributed by atoms with Crippen molar-refractivity contribution in [1.29, 1.82) is 0 Å². The smallest absolute Gasteiger partial charge is 0.230 e. The molecule has 1 aromatic carbocycles. The first-order chi connectivity index (χ1) is 12.6. The summed E-state index contributed by atoms with van der Waals surface area (Å²) in [6.45, 7) is 4.40. The van der Waals surface area contributed by atoms with Gasteiger partial charge in [-0.15, -0.1) is 0 Å². The van der Waals surface area contributed by atoms with Gasteiger partial charge in [0.05, 0.1) is 26.3 Å². The van der Waals surface area contributed by atoms with Crippen LogP contribution in [0.25, 0.3) is 11.5 Å². The van der Waals surface area contributed by atoms with Gasteiger partial charge >= 0.3 is 0 Å². The van der Waals surface area contributed by atoms with Gasteiger partial charge in [0.25, 0.3) is 0 Å². The lowest BCUT2D eigenvalue weighted by molar-refractivity contribution is 0.388. The van der Waals surface area contributed by atoms with Crippen molar-refractivity contribution in [2.45, 2.75) is 39.2 Å². The van der Waals surface area contributed by atoms with Crippen molar-refractivity contribution in [2.75, 3.05) is 14.2 Å². The second-order valence-electron chi connectivity index (χ2n) is 6.57. The molecule has 0 N–H and O–H groups in total. The molecule has 0 bridgehead atoms. The number of benzene rings is 1. The molecule has 1 fully saturated rings. The van der Waals surface area contributed by atoms with Crippen LogP contribution in [0.3, 0.4) is 0 Å². The molecule has 0 unspecified atom stereocenters. The number of rotatable bonds is 6. The molecule has 136 valence electrons. The van der Waals surface area contributed by atoms with Gasteiger partial charge in [-0.3, -0.25) is 0 Å². The van der Waals surface area contributed by atoms with Gasteiger partial charge < -0.3 is 13.9 Å². The zero-order chi connectivity index (χ0) is 18.3. The van der Waals surface area contributed by atoms with Gasteiger partial charge in [0, 0.05) is 11.5 Å². The van der Waals surface area contributed by atoms with Crippen LogP contribution in [-0.2, 0) is 6.54 Å². The number of hydrogen-bond donors (Lipinski definition) is 0. The fraction of sp³-hybridized carbons (Fsp3) is 0.421. The monoisotopic (exact) mass is 354 g/mol. The third-order valence-corrected chi connectivity index (χ3v) is 4.71. The van der Waals surface area contributed by atoms with Gasteiger partial charge in [-0.05, 0) is 38.8 Å². The second kappa shape index (κ2) is 6.48. The van der Waals surface area contributed by atoms with E-state index in [1.54, 1.807) is 20.5 Å². The van der Waals surface area contributed by atoms with Crippen LogP contribution in [0.15, 0.2) is 22.9 Å². The van der Waals surface area contributed by atoms with Crippen LogP contribution < -0.4 is 9.47 Å². The predicted molar refractivity (Wildman–Crippen MR) is 95.6 cm³/mol. The minimum absolute atomic E-state index is 0.530. The van der Waals surface area contributed by atoms with E-state index in [0.29, 0.717) is 24.1 Å². The fourth-order valence-corrected chi connectivity index (χ4v) is 3.08. The van der Waals surface area contributed by atoms with Gasteiger partial charge in [-0.25, -0.2) is 14.6 Å². The highest BCUT2D eigenvalue weighted by molar-refractivity contribution is 5.68. The van der Waals surface area contributed by atoms with E-state index in [4.69, 9.17) is 13.9 Å². The molecule has 1 aliphatic rings. The Morgan fingerprint density at radius 1 is 1.19 bits per heavy atom. The summed E-state index contributed by atoms with van der Waals surface area (Å²) in [5.74, 6) is 4.23. The Morgan fingerprint density at radius 3 is 2.69 bits per heavy atom. The molecular weight excluding hydrogens is 332 g/mol. The van der Waals surface area contributed by atoms with Crippen LogP contribution in [0, 0.1) is 13.8 Å². The average Bonchev–Trinajstić information content (AvgIpc) is 3.28. The summed E-state index contributed by atoms with van der Waals surface area (Å²) in [6, 6.07) is 3.80. The second-order valence-corrected chi connectivity index (χ2v) is 6.57. The molecule has 2 aromatic heterocycles. The molecule has 0 aliphatic heterocycles. The molecule has 7 heteroatoms. The number of methoxy groups -OCH3 is 2. The van der Waals surface area contributed by atoms with Crippen LogP contribution in [0.1, 0.15) is 41.6 Å². The molecule has 2 heterocycles. The van der Waals surface area contributed by atoms with Crippen molar-refractivity contribution in [2.24, 2.45) is 0 Å². The Hall–Kier alpha value is -2.83.